The van der Waals surface area contributed by atoms with E-state index in [1.54, 1.807) is 0 Å². The zero-order valence-electron chi connectivity index (χ0n) is 14.3. The summed E-state index contributed by atoms with van der Waals surface area (Å²) in [5, 5.41) is 13.0. The average Bonchev–Trinajstić information content (AvgIpc) is 3.02. The third-order valence-corrected chi connectivity index (χ3v) is 4.51. The molecule has 6 heteroatoms. The van der Waals surface area contributed by atoms with E-state index in [9.17, 15) is 5.11 Å². The Morgan fingerprint density at radius 2 is 2.17 bits per heavy atom. The molecule has 0 bridgehead atoms. The minimum atomic E-state index is -0.150. The largest absolute Gasteiger partial charge is 0.493 e. The molecule has 2 heterocycles. The van der Waals surface area contributed by atoms with E-state index in [0.717, 1.165) is 70.2 Å². The molecule has 2 aliphatic heterocycles. The zero-order chi connectivity index (χ0) is 16.1. The van der Waals surface area contributed by atoms with Crippen LogP contribution in [0.4, 0.5) is 0 Å². The summed E-state index contributed by atoms with van der Waals surface area (Å²) >= 11 is 0. The Bertz CT molecular complexity index is 557. The van der Waals surface area contributed by atoms with Gasteiger partial charge in [-0.2, -0.15) is 0 Å². The minimum absolute atomic E-state index is 0. The minimum Gasteiger partial charge on any atom is -0.493 e. The predicted octanol–water partition coefficient (Wildman–Crippen LogP) is 2.20. The number of halogens is 1. The second-order valence-corrected chi connectivity index (χ2v) is 6.24. The summed E-state index contributed by atoms with van der Waals surface area (Å²) in [6.45, 7) is 6.30. The van der Waals surface area contributed by atoms with Gasteiger partial charge in [0.15, 0.2) is 5.96 Å². The Balaban J connectivity index is 0.00000208. The van der Waals surface area contributed by atoms with Gasteiger partial charge in [0.1, 0.15) is 5.75 Å². The van der Waals surface area contributed by atoms with Gasteiger partial charge in [0.2, 0.25) is 0 Å². The van der Waals surface area contributed by atoms with Crippen molar-refractivity contribution in [3.05, 3.63) is 29.3 Å². The summed E-state index contributed by atoms with van der Waals surface area (Å²) in [6, 6.07) is 6.48. The zero-order valence-corrected chi connectivity index (χ0v) is 16.7. The van der Waals surface area contributed by atoms with Crippen LogP contribution in [0.15, 0.2) is 23.2 Å². The summed E-state index contributed by atoms with van der Waals surface area (Å²) in [5.74, 6) is 2.02. The molecule has 1 saturated heterocycles. The van der Waals surface area contributed by atoms with Crippen LogP contribution in [0.5, 0.6) is 5.75 Å². The third kappa shape index (κ3) is 4.99. The van der Waals surface area contributed by atoms with Crippen LogP contribution < -0.4 is 10.1 Å². The molecule has 1 aromatic carbocycles. The smallest absolute Gasteiger partial charge is 0.193 e. The van der Waals surface area contributed by atoms with Crippen molar-refractivity contribution in [3.8, 4) is 5.75 Å². The van der Waals surface area contributed by atoms with Gasteiger partial charge in [0.25, 0.3) is 0 Å². The number of rotatable bonds is 4. The van der Waals surface area contributed by atoms with E-state index in [-0.39, 0.29) is 30.1 Å². The highest BCUT2D eigenvalue weighted by Crippen LogP contribution is 2.26. The number of hydrogen-bond donors (Lipinski definition) is 2. The fraction of sp³-hybridized carbons (Fsp3) is 0.611. The lowest BCUT2D eigenvalue weighted by Crippen LogP contribution is -2.46. The van der Waals surface area contributed by atoms with Crippen LogP contribution in [0.2, 0.25) is 0 Å². The Labute approximate surface area is 161 Å². The summed E-state index contributed by atoms with van der Waals surface area (Å²) in [5.41, 5.74) is 2.64. The molecule has 0 radical (unpaired) electrons. The van der Waals surface area contributed by atoms with Gasteiger partial charge in [-0.25, -0.2) is 0 Å². The highest BCUT2D eigenvalue weighted by Gasteiger charge is 2.19. The molecule has 24 heavy (non-hydrogen) atoms. The van der Waals surface area contributed by atoms with E-state index in [4.69, 9.17) is 9.73 Å². The van der Waals surface area contributed by atoms with Crippen molar-refractivity contribution >= 4 is 29.9 Å². The fourth-order valence-corrected chi connectivity index (χ4v) is 3.19. The summed E-state index contributed by atoms with van der Waals surface area (Å²) in [4.78, 5) is 7.03. The number of likely N-dealkylation sites (tertiary alicyclic amines) is 1. The van der Waals surface area contributed by atoms with Crippen molar-refractivity contribution in [2.24, 2.45) is 4.99 Å². The molecule has 3 rings (SSSR count). The number of hydrogen-bond acceptors (Lipinski definition) is 3. The predicted molar refractivity (Wildman–Crippen MR) is 108 cm³/mol. The van der Waals surface area contributed by atoms with Crippen LogP contribution in [-0.2, 0) is 12.8 Å². The standard InChI is InChI=1S/C18H27N3O2.HI/c1-2-19-18(21-10-6-16(22)7-11-21)20-9-5-14-3-4-17-15(13-14)8-12-23-17;/h3-4,13,16,22H,2,5-12H2,1H3,(H,19,20);1H. The highest BCUT2D eigenvalue weighted by molar-refractivity contribution is 14.0. The maximum atomic E-state index is 9.64. The first-order valence-electron chi connectivity index (χ1n) is 8.72. The Hall–Kier alpha value is -1.02. The number of ether oxygens (including phenoxy) is 1. The van der Waals surface area contributed by atoms with Crippen LogP contribution in [0, 0.1) is 0 Å². The second-order valence-electron chi connectivity index (χ2n) is 6.24. The van der Waals surface area contributed by atoms with Crippen molar-refractivity contribution in [1.29, 1.82) is 0 Å². The number of nitrogens with one attached hydrogen (secondary N) is 1. The topological polar surface area (TPSA) is 57.1 Å². The van der Waals surface area contributed by atoms with E-state index in [0.29, 0.717) is 0 Å². The molecule has 0 unspecified atom stereocenters. The van der Waals surface area contributed by atoms with Crippen LogP contribution >= 0.6 is 24.0 Å². The number of aliphatic hydroxyl groups excluding tert-OH is 1. The van der Waals surface area contributed by atoms with Crippen LogP contribution in [0.25, 0.3) is 0 Å². The molecule has 5 nitrogen and oxygen atoms in total. The van der Waals surface area contributed by atoms with Crippen molar-refractivity contribution in [1.82, 2.24) is 10.2 Å². The van der Waals surface area contributed by atoms with Crippen LogP contribution in [0.1, 0.15) is 30.9 Å². The number of nitrogens with zero attached hydrogens (tertiary/aromatic N) is 2. The molecule has 2 aliphatic rings. The summed E-state index contributed by atoms with van der Waals surface area (Å²) in [6.07, 6.45) is 3.47. The van der Waals surface area contributed by atoms with Gasteiger partial charge in [-0.3, -0.25) is 4.99 Å². The lowest BCUT2D eigenvalue weighted by molar-refractivity contribution is 0.108. The first-order chi connectivity index (χ1) is 11.3. The van der Waals surface area contributed by atoms with Gasteiger partial charge in [0, 0.05) is 32.6 Å². The van der Waals surface area contributed by atoms with Crippen molar-refractivity contribution < 1.29 is 9.84 Å². The normalized spacial score (nSPS) is 17.9. The Morgan fingerprint density at radius 3 is 2.92 bits per heavy atom. The molecule has 2 N–H and O–H groups in total. The fourth-order valence-electron chi connectivity index (χ4n) is 3.19. The van der Waals surface area contributed by atoms with Gasteiger partial charge in [0.05, 0.1) is 12.7 Å². The molecule has 0 aliphatic carbocycles. The molecule has 134 valence electrons. The SMILES string of the molecule is CCNC(=NCCc1ccc2c(c1)CCO2)N1CCC(O)CC1.I. The first-order valence-corrected chi connectivity index (χ1v) is 8.72. The van der Waals surface area contributed by atoms with Gasteiger partial charge in [-0.1, -0.05) is 12.1 Å². The van der Waals surface area contributed by atoms with Gasteiger partial charge in [-0.15, -0.1) is 24.0 Å². The molecule has 0 amide bonds. The van der Waals surface area contributed by atoms with E-state index < -0.39 is 0 Å². The quantitative estimate of drug-likeness (QED) is 0.424. The third-order valence-electron chi connectivity index (χ3n) is 4.51. The Kier molecular flexibility index (Phi) is 7.61. The van der Waals surface area contributed by atoms with Crippen LogP contribution in [0.3, 0.4) is 0 Å². The lowest BCUT2D eigenvalue weighted by atomic mass is 10.1. The van der Waals surface area contributed by atoms with Gasteiger partial charge in [-0.05, 0) is 43.4 Å². The van der Waals surface area contributed by atoms with Gasteiger partial charge < -0.3 is 20.1 Å². The number of guanidine groups is 1. The molecule has 0 atom stereocenters. The first kappa shape index (κ1) is 19.3. The van der Waals surface area contributed by atoms with Crippen molar-refractivity contribution in [2.45, 2.75) is 38.7 Å². The van der Waals surface area contributed by atoms with E-state index in [2.05, 4.69) is 35.3 Å². The number of benzene rings is 1. The molecular formula is C18H28IN3O2. The van der Waals surface area contributed by atoms with Crippen molar-refractivity contribution in [3.63, 3.8) is 0 Å². The summed E-state index contributed by atoms with van der Waals surface area (Å²) < 4.78 is 5.55. The van der Waals surface area contributed by atoms with E-state index >= 15 is 0 Å². The van der Waals surface area contributed by atoms with Crippen molar-refractivity contribution in [2.75, 3.05) is 32.8 Å². The number of piperidine rings is 1. The monoisotopic (exact) mass is 445 g/mol. The molecular weight excluding hydrogens is 417 g/mol. The molecule has 0 saturated carbocycles. The van der Waals surface area contributed by atoms with E-state index in [1.165, 1.54) is 11.1 Å². The maximum Gasteiger partial charge on any atom is 0.193 e. The van der Waals surface area contributed by atoms with Crippen LogP contribution in [-0.4, -0.2) is 54.9 Å². The van der Waals surface area contributed by atoms with E-state index in [1.807, 2.05) is 0 Å². The number of aliphatic imine (C=N–C) groups is 1. The molecule has 1 fully saturated rings. The number of fused-ring (bicyclic) bond motifs is 1. The molecule has 1 aromatic rings. The average molecular weight is 445 g/mol. The van der Waals surface area contributed by atoms with Gasteiger partial charge >= 0.3 is 0 Å². The molecule has 0 spiro atoms. The Morgan fingerprint density at radius 1 is 1.38 bits per heavy atom. The number of aliphatic hydroxyl groups is 1. The second kappa shape index (κ2) is 9.46. The lowest BCUT2D eigenvalue weighted by Gasteiger charge is -2.32. The highest BCUT2D eigenvalue weighted by atomic mass is 127. The molecule has 0 aromatic heterocycles. The summed E-state index contributed by atoms with van der Waals surface area (Å²) in [7, 11) is 0. The maximum absolute atomic E-state index is 9.64.